The Hall–Kier alpha value is -3.25. The number of hydrogen-bond donors (Lipinski definition) is 3. The number of benzene rings is 1. The quantitative estimate of drug-likeness (QED) is 0.544. The second-order valence-corrected chi connectivity index (χ2v) is 6.59. The van der Waals surface area contributed by atoms with Crippen LogP contribution in [0.15, 0.2) is 41.7 Å². The van der Waals surface area contributed by atoms with Crippen molar-refractivity contribution in [1.82, 2.24) is 25.2 Å². The van der Waals surface area contributed by atoms with E-state index in [-0.39, 0.29) is 11.5 Å². The van der Waals surface area contributed by atoms with Gasteiger partial charge in [0.05, 0.1) is 28.8 Å². The predicted molar refractivity (Wildman–Crippen MR) is 91.8 cm³/mol. The molecule has 2 heterocycles. The molecule has 0 unspecified atom stereocenters. The van der Waals surface area contributed by atoms with E-state index in [1.54, 1.807) is 19.1 Å². The van der Waals surface area contributed by atoms with Crippen LogP contribution in [-0.4, -0.2) is 40.9 Å². The Morgan fingerprint density at radius 3 is 2.65 bits per heavy atom. The largest absolute Gasteiger partial charge is 0.449 e. The van der Waals surface area contributed by atoms with Crippen molar-refractivity contribution in [2.24, 2.45) is 5.14 Å². The number of anilines is 1. The fraction of sp³-hybridized carbons (Fsp3) is 0.143. The van der Waals surface area contributed by atoms with E-state index in [9.17, 15) is 13.2 Å². The van der Waals surface area contributed by atoms with Crippen molar-refractivity contribution in [2.75, 3.05) is 12.0 Å². The third-order valence-corrected chi connectivity index (χ3v) is 4.26. The van der Waals surface area contributed by atoms with Crippen molar-refractivity contribution >= 4 is 33.0 Å². The van der Waals surface area contributed by atoms with Crippen molar-refractivity contribution in [3.63, 3.8) is 0 Å². The minimum atomic E-state index is -3.78. The molecule has 26 heavy (non-hydrogen) atoms. The number of carbonyl (C=O) groups excluding carboxylic acids is 1. The summed E-state index contributed by atoms with van der Waals surface area (Å²) in [7, 11) is -3.78. The van der Waals surface area contributed by atoms with Gasteiger partial charge in [0, 0.05) is 0 Å². The number of ether oxygens (including phenoxy) is 1. The van der Waals surface area contributed by atoms with Gasteiger partial charge in [0.15, 0.2) is 11.5 Å². The first kappa shape index (κ1) is 17.6. The molecule has 0 aliphatic carbocycles. The maximum absolute atomic E-state index is 11.4. The van der Waals surface area contributed by atoms with E-state index in [4.69, 9.17) is 9.88 Å². The van der Waals surface area contributed by atoms with Gasteiger partial charge in [0.1, 0.15) is 6.33 Å². The second kappa shape index (κ2) is 6.93. The third kappa shape index (κ3) is 3.55. The van der Waals surface area contributed by atoms with Gasteiger partial charge in [0.25, 0.3) is 0 Å². The Kier molecular flexibility index (Phi) is 4.69. The van der Waals surface area contributed by atoms with Crippen LogP contribution in [0.2, 0.25) is 0 Å². The number of fused-ring (bicyclic) bond motifs is 1. The molecule has 136 valence electrons. The zero-order chi connectivity index (χ0) is 18.7. The Morgan fingerprint density at radius 1 is 1.27 bits per heavy atom. The van der Waals surface area contributed by atoms with Gasteiger partial charge in [-0.1, -0.05) is 0 Å². The number of rotatable bonds is 5. The second-order valence-electron chi connectivity index (χ2n) is 5.03. The maximum Gasteiger partial charge on any atom is 0.425 e. The predicted octanol–water partition coefficient (Wildman–Crippen LogP) is 0.536. The number of nitrogens with two attached hydrogens (primary N) is 1. The molecule has 0 saturated heterocycles. The van der Waals surface area contributed by atoms with E-state index in [2.05, 4.69) is 25.9 Å². The highest BCUT2D eigenvalue weighted by Gasteiger charge is 2.13. The van der Waals surface area contributed by atoms with E-state index < -0.39 is 16.1 Å². The fourth-order valence-corrected chi connectivity index (χ4v) is 2.70. The third-order valence-electron chi connectivity index (χ3n) is 3.33. The van der Waals surface area contributed by atoms with Crippen molar-refractivity contribution in [3.05, 3.63) is 36.8 Å². The van der Waals surface area contributed by atoms with Crippen LogP contribution in [0.1, 0.15) is 6.92 Å². The molecule has 0 aliphatic heterocycles. The number of amides is 1. The average Bonchev–Trinajstić information content (AvgIpc) is 3.04. The van der Waals surface area contributed by atoms with Crippen molar-refractivity contribution in [3.8, 4) is 5.69 Å². The van der Waals surface area contributed by atoms with Gasteiger partial charge in [-0.25, -0.2) is 38.4 Å². The highest BCUT2D eigenvalue weighted by Crippen LogP contribution is 2.21. The molecule has 11 nitrogen and oxygen atoms in total. The van der Waals surface area contributed by atoms with Gasteiger partial charge < -0.3 is 4.74 Å². The molecule has 0 fully saturated rings. The number of primary sulfonamides is 1. The van der Waals surface area contributed by atoms with Crippen LogP contribution >= 0.6 is 0 Å². The van der Waals surface area contributed by atoms with Crippen LogP contribution in [0, 0.1) is 0 Å². The molecule has 0 saturated carbocycles. The summed E-state index contributed by atoms with van der Waals surface area (Å²) < 4.78 is 28.9. The number of sulfonamides is 1. The smallest absolute Gasteiger partial charge is 0.425 e. The highest BCUT2D eigenvalue weighted by molar-refractivity contribution is 7.89. The lowest BCUT2D eigenvalue weighted by Crippen LogP contribution is -2.30. The summed E-state index contributed by atoms with van der Waals surface area (Å²) in [5, 5.41) is 9.86. The summed E-state index contributed by atoms with van der Waals surface area (Å²) in [5.41, 5.74) is 6.02. The van der Waals surface area contributed by atoms with Crippen LogP contribution in [0.25, 0.3) is 16.7 Å². The van der Waals surface area contributed by atoms with Crippen LogP contribution in [-0.2, 0) is 14.8 Å². The zero-order valence-electron chi connectivity index (χ0n) is 13.6. The van der Waals surface area contributed by atoms with Crippen LogP contribution < -0.4 is 16.0 Å². The van der Waals surface area contributed by atoms with Crippen molar-refractivity contribution < 1.29 is 17.9 Å². The minimum Gasteiger partial charge on any atom is -0.449 e. The molecule has 1 aromatic carbocycles. The number of nitrogens with one attached hydrogen (secondary N) is 2. The van der Waals surface area contributed by atoms with E-state index in [0.29, 0.717) is 22.5 Å². The SMILES string of the molecule is CCOC(=O)NNc1ncnc2c1cnn2-c1ccc(S(N)(=O)=O)cc1. The summed E-state index contributed by atoms with van der Waals surface area (Å²) in [6, 6.07) is 5.86. The summed E-state index contributed by atoms with van der Waals surface area (Å²) in [6.45, 7) is 1.92. The van der Waals surface area contributed by atoms with E-state index in [1.165, 1.54) is 29.3 Å². The Balaban J connectivity index is 1.92. The minimum absolute atomic E-state index is 0.00618. The molecule has 3 aromatic rings. The number of carbonyl (C=O) groups is 1. The lowest BCUT2D eigenvalue weighted by atomic mass is 10.3. The molecule has 4 N–H and O–H groups in total. The van der Waals surface area contributed by atoms with E-state index in [1.807, 2.05) is 0 Å². The van der Waals surface area contributed by atoms with E-state index in [0.717, 1.165) is 0 Å². The number of aromatic nitrogens is 4. The van der Waals surface area contributed by atoms with Crippen LogP contribution in [0.4, 0.5) is 10.6 Å². The summed E-state index contributed by atoms with van der Waals surface area (Å²) in [6.07, 6.45) is 2.16. The summed E-state index contributed by atoms with van der Waals surface area (Å²) in [4.78, 5) is 19.6. The van der Waals surface area contributed by atoms with Gasteiger partial charge in [-0.3, -0.25) is 5.43 Å². The van der Waals surface area contributed by atoms with Crippen LogP contribution in [0.5, 0.6) is 0 Å². The van der Waals surface area contributed by atoms with Crippen molar-refractivity contribution in [1.29, 1.82) is 0 Å². The summed E-state index contributed by atoms with van der Waals surface area (Å²) >= 11 is 0. The molecule has 2 aromatic heterocycles. The van der Waals surface area contributed by atoms with Gasteiger partial charge in [0.2, 0.25) is 10.0 Å². The van der Waals surface area contributed by atoms with Gasteiger partial charge in [-0.05, 0) is 31.2 Å². The fourth-order valence-electron chi connectivity index (χ4n) is 2.19. The lowest BCUT2D eigenvalue weighted by molar-refractivity contribution is 0.154. The van der Waals surface area contributed by atoms with Crippen LogP contribution in [0.3, 0.4) is 0 Å². The molecule has 0 atom stereocenters. The number of hydrogen-bond acceptors (Lipinski definition) is 8. The molecule has 3 rings (SSSR count). The number of hydrazine groups is 1. The first-order valence-electron chi connectivity index (χ1n) is 7.41. The molecule has 0 bridgehead atoms. The van der Waals surface area contributed by atoms with Gasteiger partial charge in [-0.2, -0.15) is 5.10 Å². The van der Waals surface area contributed by atoms with Crippen molar-refractivity contribution in [2.45, 2.75) is 11.8 Å². The molecule has 0 spiro atoms. The Morgan fingerprint density at radius 2 is 2.00 bits per heavy atom. The normalized spacial score (nSPS) is 11.3. The molecular weight excluding hydrogens is 362 g/mol. The highest BCUT2D eigenvalue weighted by atomic mass is 32.2. The average molecular weight is 377 g/mol. The first-order chi connectivity index (χ1) is 12.4. The standard InChI is InChI=1S/C14H15N7O4S/c1-2-25-14(22)20-19-12-11-7-18-21(13(11)17-8-16-12)9-3-5-10(6-4-9)26(15,23)24/h3-8H,2H2,1H3,(H,20,22)(H2,15,23,24)(H,16,17,19). The first-order valence-corrected chi connectivity index (χ1v) is 8.95. The number of nitrogens with zero attached hydrogens (tertiary/aromatic N) is 4. The van der Waals surface area contributed by atoms with E-state index >= 15 is 0 Å². The molecule has 12 heteroatoms. The topological polar surface area (TPSA) is 154 Å². The monoisotopic (exact) mass is 377 g/mol. The molecule has 0 radical (unpaired) electrons. The Labute approximate surface area is 148 Å². The van der Waals surface area contributed by atoms with Gasteiger partial charge in [-0.15, -0.1) is 0 Å². The molecule has 1 amide bonds. The molecular formula is C14H15N7O4S. The summed E-state index contributed by atoms with van der Waals surface area (Å²) in [5.74, 6) is 0.329. The lowest BCUT2D eigenvalue weighted by Gasteiger charge is -2.08. The Bertz CT molecular complexity index is 1050. The molecule has 0 aliphatic rings. The van der Waals surface area contributed by atoms with Gasteiger partial charge >= 0.3 is 6.09 Å². The maximum atomic E-state index is 11.4. The zero-order valence-corrected chi connectivity index (χ0v) is 14.4.